The van der Waals surface area contributed by atoms with Gasteiger partial charge >= 0.3 is 0 Å². The van der Waals surface area contributed by atoms with Crippen molar-refractivity contribution in [1.82, 2.24) is 0 Å². The van der Waals surface area contributed by atoms with Crippen molar-refractivity contribution in [3.8, 4) is 11.5 Å². The van der Waals surface area contributed by atoms with Crippen molar-refractivity contribution in [2.45, 2.75) is 44.9 Å². The van der Waals surface area contributed by atoms with E-state index in [1.165, 1.54) is 37.7 Å². The fraction of sp³-hybridized carbons (Fsp3) is 0.333. The van der Waals surface area contributed by atoms with Gasteiger partial charge in [0.05, 0.1) is 0 Å². The van der Waals surface area contributed by atoms with Crippen LogP contribution in [0.4, 0.5) is 0 Å². The van der Waals surface area contributed by atoms with E-state index in [9.17, 15) is 0 Å². The Morgan fingerprint density at radius 2 is 1.59 bits per heavy atom. The lowest BCUT2D eigenvalue weighted by atomic mass is 9.90. The molecular formula is C21H24O. The molecule has 3 rings (SSSR count). The molecule has 1 nitrogen and oxygen atoms in total. The monoisotopic (exact) mass is 292 g/mol. The first-order valence-electron chi connectivity index (χ1n) is 8.34. The Morgan fingerprint density at radius 3 is 2.36 bits per heavy atom. The third-order valence-electron chi connectivity index (χ3n) is 4.34. The number of hydrogen-bond acceptors (Lipinski definition) is 1. The maximum absolute atomic E-state index is 5.94. The van der Waals surface area contributed by atoms with Crippen molar-refractivity contribution in [2.75, 3.05) is 0 Å². The molecule has 0 amide bonds. The van der Waals surface area contributed by atoms with Crippen molar-refractivity contribution in [1.29, 1.82) is 0 Å². The van der Waals surface area contributed by atoms with E-state index in [1.807, 2.05) is 36.4 Å². The fourth-order valence-electron chi connectivity index (χ4n) is 3.11. The van der Waals surface area contributed by atoms with Crippen LogP contribution < -0.4 is 4.74 Å². The lowest BCUT2D eigenvalue weighted by molar-refractivity contribution is 0.482. The summed E-state index contributed by atoms with van der Waals surface area (Å²) >= 11 is 0. The van der Waals surface area contributed by atoms with Gasteiger partial charge in [-0.25, -0.2) is 0 Å². The summed E-state index contributed by atoms with van der Waals surface area (Å²) in [5.74, 6) is 2.25. The van der Waals surface area contributed by atoms with Gasteiger partial charge in [-0.3, -0.25) is 0 Å². The van der Waals surface area contributed by atoms with Gasteiger partial charge < -0.3 is 4.74 Å². The normalized spacial score (nSPS) is 16.1. The molecule has 0 bridgehead atoms. The van der Waals surface area contributed by atoms with E-state index in [-0.39, 0.29) is 0 Å². The van der Waals surface area contributed by atoms with Gasteiger partial charge in [0, 0.05) is 0 Å². The highest BCUT2D eigenvalue weighted by molar-refractivity contribution is 5.36. The maximum Gasteiger partial charge on any atom is 0.127 e. The molecule has 2 aromatic rings. The molecule has 1 fully saturated rings. The number of para-hydroxylation sites is 1. The van der Waals surface area contributed by atoms with Crippen molar-refractivity contribution in [2.24, 2.45) is 0 Å². The minimum absolute atomic E-state index is 0.451. The predicted octanol–water partition coefficient (Wildman–Crippen LogP) is 6.47. The Morgan fingerprint density at radius 1 is 0.864 bits per heavy atom. The molecule has 1 aliphatic carbocycles. The lowest BCUT2D eigenvalue weighted by Gasteiger charge is -2.17. The first-order chi connectivity index (χ1) is 10.8. The smallest absolute Gasteiger partial charge is 0.127 e. The summed E-state index contributed by atoms with van der Waals surface area (Å²) in [5.41, 5.74) is 2.96. The molecule has 0 aromatic heterocycles. The van der Waals surface area contributed by atoms with Crippen LogP contribution in [0.5, 0.6) is 11.5 Å². The largest absolute Gasteiger partial charge is 0.457 e. The summed E-state index contributed by atoms with van der Waals surface area (Å²) in [6.45, 7) is 2.28. The number of ether oxygens (including phenoxy) is 1. The molecule has 1 aliphatic rings. The lowest BCUT2D eigenvalue weighted by Crippen LogP contribution is -1.97. The molecule has 2 aromatic carbocycles. The Balaban J connectivity index is 1.73. The average molecular weight is 292 g/mol. The molecule has 1 atom stereocenters. The van der Waals surface area contributed by atoms with E-state index in [2.05, 4.69) is 31.2 Å². The Kier molecular flexibility index (Phi) is 4.95. The SMILES string of the molecule is CC(C=C1CCCCC1)c1cccc(Oc2ccccc2)c1. The minimum Gasteiger partial charge on any atom is -0.457 e. The third kappa shape index (κ3) is 4.00. The average Bonchev–Trinajstić information content (AvgIpc) is 2.57. The van der Waals surface area contributed by atoms with Crippen LogP contribution in [-0.4, -0.2) is 0 Å². The standard InChI is InChI=1S/C21H24O/c1-17(15-18-9-4-2-5-10-18)19-11-8-14-21(16-19)22-20-12-6-3-7-13-20/h3,6-8,11-17H,2,4-5,9-10H2,1H3. The molecule has 1 unspecified atom stereocenters. The second kappa shape index (κ2) is 7.31. The maximum atomic E-state index is 5.94. The van der Waals surface area contributed by atoms with Gasteiger partial charge in [-0.1, -0.05) is 55.3 Å². The summed E-state index contributed by atoms with van der Waals surface area (Å²) in [4.78, 5) is 0. The Hall–Kier alpha value is -2.02. The van der Waals surface area contributed by atoms with Crippen molar-refractivity contribution in [3.63, 3.8) is 0 Å². The zero-order chi connectivity index (χ0) is 15.2. The van der Waals surface area contributed by atoms with Crippen LogP contribution in [0.25, 0.3) is 0 Å². The van der Waals surface area contributed by atoms with E-state index in [1.54, 1.807) is 5.57 Å². The van der Waals surface area contributed by atoms with Gasteiger partial charge in [-0.05, 0) is 61.4 Å². The second-order valence-electron chi connectivity index (χ2n) is 6.16. The summed E-state index contributed by atoms with van der Waals surface area (Å²) < 4.78 is 5.94. The first-order valence-corrected chi connectivity index (χ1v) is 8.34. The van der Waals surface area contributed by atoms with Crippen LogP contribution in [0.2, 0.25) is 0 Å². The van der Waals surface area contributed by atoms with Gasteiger partial charge in [0.2, 0.25) is 0 Å². The molecule has 0 spiro atoms. The molecule has 0 N–H and O–H groups in total. The van der Waals surface area contributed by atoms with Gasteiger partial charge in [-0.15, -0.1) is 0 Å². The van der Waals surface area contributed by atoms with Crippen LogP contribution in [0.15, 0.2) is 66.2 Å². The van der Waals surface area contributed by atoms with Crippen molar-refractivity contribution < 1.29 is 4.74 Å². The quantitative estimate of drug-likeness (QED) is 0.586. The molecule has 0 aliphatic heterocycles. The Labute approximate surface area is 133 Å². The summed E-state index contributed by atoms with van der Waals surface area (Å²) in [7, 11) is 0. The van der Waals surface area contributed by atoms with Crippen LogP contribution in [0, 0.1) is 0 Å². The van der Waals surface area contributed by atoms with Crippen LogP contribution in [0.1, 0.15) is 50.5 Å². The van der Waals surface area contributed by atoms with E-state index in [0.717, 1.165) is 11.5 Å². The van der Waals surface area contributed by atoms with Crippen LogP contribution in [-0.2, 0) is 0 Å². The van der Waals surface area contributed by atoms with Gasteiger partial charge in [0.25, 0.3) is 0 Å². The third-order valence-corrected chi connectivity index (χ3v) is 4.34. The van der Waals surface area contributed by atoms with Gasteiger partial charge in [0.15, 0.2) is 0 Å². The van der Waals surface area contributed by atoms with E-state index in [4.69, 9.17) is 4.74 Å². The second-order valence-corrected chi connectivity index (χ2v) is 6.16. The first kappa shape index (κ1) is 14.9. The molecule has 0 radical (unpaired) electrons. The van der Waals surface area contributed by atoms with Crippen molar-refractivity contribution >= 4 is 0 Å². The summed E-state index contributed by atoms with van der Waals surface area (Å²) in [6.07, 6.45) is 9.13. The van der Waals surface area contributed by atoms with Crippen LogP contribution >= 0.6 is 0 Å². The molecule has 1 saturated carbocycles. The van der Waals surface area contributed by atoms with Crippen LogP contribution in [0.3, 0.4) is 0 Å². The van der Waals surface area contributed by atoms with Gasteiger partial charge in [0.1, 0.15) is 11.5 Å². The zero-order valence-corrected chi connectivity index (χ0v) is 13.3. The van der Waals surface area contributed by atoms with Crippen molar-refractivity contribution in [3.05, 3.63) is 71.8 Å². The molecule has 114 valence electrons. The minimum atomic E-state index is 0.451. The highest BCUT2D eigenvalue weighted by atomic mass is 16.5. The topological polar surface area (TPSA) is 9.23 Å². The summed E-state index contributed by atoms with van der Waals surface area (Å²) in [5, 5.41) is 0. The number of benzene rings is 2. The molecule has 0 heterocycles. The Bertz CT molecular complexity index is 619. The fourth-order valence-corrected chi connectivity index (χ4v) is 3.11. The highest BCUT2D eigenvalue weighted by Crippen LogP contribution is 2.29. The van der Waals surface area contributed by atoms with Gasteiger partial charge in [-0.2, -0.15) is 0 Å². The van der Waals surface area contributed by atoms with E-state index >= 15 is 0 Å². The van der Waals surface area contributed by atoms with E-state index in [0.29, 0.717) is 5.92 Å². The zero-order valence-electron chi connectivity index (χ0n) is 13.3. The number of allylic oxidation sites excluding steroid dienone is 2. The predicted molar refractivity (Wildman–Crippen MR) is 92.5 cm³/mol. The highest BCUT2D eigenvalue weighted by Gasteiger charge is 2.09. The van der Waals surface area contributed by atoms with E-state index < -0.39 is 0 Å². The number of hydrogen-bond donors (Lipinski definition) is 0. The molecule has 22 heavy (non-hydrogen) atoms. The molecule has 0 saturated heterocycles. The summed E-state index contributed by atoms with van der Waals surface area (Å²) in [6, 6.07) is 18.4. The number of rotatable bonds is 4. The molecule has 1 heteroatoms. The molecular weight excluding hydrogens is 268 g/mol.